The second-order valence-corrected chi connectivity index (χ2v) is 33.1. The van der Waals surface area contributed by atoms with Crippen LogP contribution in [0, 0.1) is 0 Å². The molecule has 28 rings (SSSR count). The van der Waals surface area contributed by atoms with Gasteiger partial charge in [-0.15, -0.1) is 0 Å². The van der Waals surface area contributed by atoms with E-state index in [2.05, 4.69) is 353 Å². The molecule has 0 saturated heterocycles. The van der Waals surface area contributed by atoms with Gasteiger partial charge in [-0.05, 0) is 227 Å². The van der Waals surface area contributed by atoms with E-state index in [-0.39, 0.29) is 0 Å². The summed E-state index contributed by atoms with van der Waals surface area (Å²) in [5.74, 6) is 4.87. The van der Waals surface area contributed by atoms with Gasteiger partial charge in [0.2, 0.25) is 0 Å². The molecule has 0 aliphatic heterocycles. The number of hydrogen-bond acceptors (Lipinski definition) is 14. The Morgan fingerprint density at radius 2 is 0.553 bits per heavy atom. The highest BCUT2D eigenvalue weighted by atomic mass is 15.1. The maximum atomic E-state index is 4.92. The van der Waals surface area contributed by atoms with Crippen LogP contribution < -0.4 is 0 Å². The first-order valence-corrected chi connectivity index (χ1v) is 43.9. The van der Waals surface area contributed by atoms with Gasteiger partial charge >= 0.3 is 0 Å². The molecule has 0 bridgehead atoms. The highest BCUT2D eigenvalue weighted by molar-refractivity contribution is 6.24. The summed E-state index contributed by atoms with van der Waals surface area (Å²) in [4.78, 5) is 63.1. The molecule has 132 heavy (non-hydrogen) atoms. The maximum absolute atomic E-state index is 4.92. The summed E-state index contributed by atoms with van der Waals surface area (Å²) in [6.45, 7) is 0. The Morgan fingerprint density at radius 1 is 0.182 bits per heavy atom. The van der Waals surface area contributed by atoms with E-state index in [0.29, 0.717) is 34.9 Å². The van der Waals surface area contributed by atoms with Crippen LogP contribution in [0.15, 0.2) is 414 Å². The van der Waals surface area contributed by atoms with Gasteiger partial charge in [-0.3, -0.25) is 4.98 Å². The van der Waals surface area contributed by atoms with Crippen molar-refractivity contribution in [2.75, 3.05) is 0 Å². The van der Waals surface area contributed by atoms with Crippen molar-refractivity contribution in [2.45, 2.75) is 0 Å². The van der Waals surface area contributed by atoms with Gasteiger partial charge in [-0.2, -0.15) is 0 Å². The summed E-state index contributed by atoms with van der Waals surface area (Å²) in [5, 5.41) is 11.0. The van der Waals surface area contributed by atoms with E-state index in [1.807, 2.05) is 85.1 Å². The van der Waals surface area contributed by atoms with Crippen LogP contribution in [0.25, 0.3) is 267 Å². The Kier molecular flexibility index (Phi) is 18.4. The van der Waals surface area contributed by atoms with E-state index in [9.17, 15) is 0 Å². The normalized spacial score (nSPS) is 11.7. The topological polar surface area (TPSA) is 185 Å². The molecule has 0 fully saturated rings. The second-order valence-electron chi connectivity index (χ2n) is 33.1. The summed E-state index contributed by atoms with van der Waals surface area (Å²) in [7, 11) is 2.10. The number of pyridine rings is 1. The number of nitrogens with zero attached hydrogens (tertiary/aromatic N) is 15. The molecule has 4 aliphatic carbocycles. The number of rotatable bonds is 10. The van der Waals surface area contributed by atoms with Crippen molar-refractivity contribution in [1.29, 1.82) is 0 Å². The van der Waals surface area contributed by atoms with Crippen LogP contribution in [0.2, 0.25) is 0 Å². The number of hydrogen-bond donors (Lipinski definition) is 0. The molecular formula is C117H71N15. The lowest BCUT2D eigenvalue weighted by atomic mass is 9.91. The van der Waals surface area contributed by atoms with Crippen LogP contribution in [0.3, 0.4) is 0 Å². The number of fused-ring (bicyclic) bond motifs is 14. The van der Waals surface area contributed by atoms with Crippen molar-refractivity contribution in [3.8, 4) is 202 Å². The van der Waals surface area contributed by atoms with Crippen molar-refractivity contribution < 1.29 is 0 Å². The van der Waals surface area contributed by atoms with Crippen LogP contribution in [0.4, 0.5) is 0 Å². The van der Waals surface area contributed by atoms with Crippen LogP contribution in [0.5, 0.6) is 0 Å². The first-order valence-electron chi connectivity index (χ1n) is 43.9. The maximum Gasteiger partial charge on any atom is 0.163 e. The standard InChI is InChI=1S/C34H20N6.C31H19N.C28H16N6.C24H16N2/c1-3-9-21(10-4-1)31-35-19-37-33(39-31)23-17-28-25-14-8-7-13-24(25)26-15-16-27(29(18-23)30(26)28)34-38-20-36-32(40-34)22-11-5-2-6-12-22;1-2-8-20(9-3-1)21-15-18-29(31-28(21)14-7-19-32-31)24-16-17-27-23-11-5-4-10-22(23)25-12-6-13-26(24)30(25)27;1-2-4-17(5-3-1)19-11-24-20-7-6-18(27-31-13-29-14-32-27)10-23(20)21-8-9-22(25(12-19)26(21)24)28-33-15-30-16-34-28;1-26-22-12-5-4-11-21(22)25-24(26)20-14-13-19-16-8-3-2-7-15(16)17-9-6-10-18(20)23(17)19/h1-20H;1-19H;1-16H;2-14H,1H3. The Labute approximate surface area is 757 Å². The average molecular weight is 1690 g/mol. The fourth-order valence-corrected chi connectivity index (χ4v) is 20.0. The smallest absolute Gasteiger partial charge is 0.163 e. The Hall–Kier alpha value is -18.1. The first kappa shape index (κ1) is 76.4. The van der Waals surface area contributed by atoms with Crippen LogP contribution in [0.1, 0.15) is 0 Å². The molecule has 0 spiro atoms. The van der Waals surface area contributed by atoms with E-state index < -0.39 is 0 Å². The Morgan fingerprint density at radius 3 is 1.13 bits per heavy atom. The molecule has 15 nitrogen and oxygen atoms in total. The highest BCUT2D eigenvalue weighted by Crippen LogP contribution is 2.56. The number of para-hydroxylation sites is 2. The van der Waals surface area contributed by atoms with Crippen molar-refractivity contribution in [3.05, 3.63) is 414 Å². The Bertz CT molecular complexity index is 8720. The molecule has 0 radical (unpaired) electrons. The number of aryl methyl sites for hydroxylation is 1. The molecule has 6 aromatic heterocycles. The SMILES string of the molecule is Cn1c(-c2ccc3c4c(cccc24)-c2ccccc2-3)nc2ccccc21.c1ccc(-c2cc3c4c(ccc(-c5ncncn5)c4c2)-c2cc(-c4ncncn4)ccc2-3)cc1.c1ccc(-c2ccc(-c3ccc4c5c(cccc35)-c3ccccc3-4)c3ncccc23)cc1.c1ccc(-c2ncnc(-c3cc4c5c(ccc(-c6ncnc(-c7ccccc7)n6)c5c3)-c3ccccc3-4)n2)cc1. The fourth-order valence-electron chi connectivity index (χ4n) is 20.0. The lowest BCUT2D eigenvalue weighted by molar-refractivity contribution is 0.961. The minimum absolute atomic E-state index is 0.619. The molecule has 18 aromatic carbocycles. The Balaban J connectivity index is 0.0000000955. The zero-order valence-electron chi connectivity index (χ0n) is 71.0. The molecule has 24 aromatic rings. The van der Waals surface area contributed by atoms with Crippen LogP contribution in [-0.4, -0.2) is 74.3 Å². The van der Waals surface area contributed by atoms with Crippen molar-refractivity contribution in [1.82, 2.24) is 74.3 Å². The van der Waals surface area contributed by atoms with E-state index in [4.69, 9.17) is 19.9 Å². The summed E-state index contributed by atoms with van der Waals surface area (Å²) < 4.78 is 2.20. The molecule has 0 atom stereocenters. The van der Waals surface area contributed by atoms with Gasteiger partial charge in [0.25, 0.3) is 0 Å². The van der Waals surface area contributed by atoms with Crippen molar-refractivity contribution >= 4 is 65.0 Å². The van der Waals surface area contributed by atoms with Crippen molar-refractivity contribution in [2.24, 2.45) is 7.05 Å². The van der Waals surface area contributed by atoms with E-state index in [0.717, 1.165) is 77.7 Å². The fraction of sp³-hybridized carbons (Fsp3) is 0.00855. The molecule has 6 heterocycles. The lowest BCUT2D eigenvalue weighted by Gasteiger charge is -2.14. The minimum atomic E-state index is 0.619. The molecule has 0 amide bonds. The highest BCUT2D eigenvalue weighted by Gasteiger charge is 2.31. The predicted molar refractivity (Wildman–Crippen MR) is 531 cm³/mol. The van der Waals surface area contributed by atoms with E-state index >= 15 is 0 Å². The molecule has 15 heteroatoms. The van der Waals surface area contributed by atoms with Crippen LogP contribution >= 0.6 is 0 Å². The quantitative estimate of drug-likeness (QED) is 0.126. The molecule has 4 aliphatic rings. The lowest BCUT2D eigenvalue weighted by Crippen LogP contribution is -1.97. The van der Waals surface area contributed by atoms with Gasteiger partial charge in [0.15, 0.2) is 34.9 Å². The summed E-state index contributed by atoms with van der Waals surface area (Å²) >= 11 is 0. The number of aromatic nitrogens is 15. The third-order valence-electron chi connectivity index (χ3n) is 25.9. The van der Waals surface area contributed by atoms with Crippen LogP contribution in [-0.2, 0) is 7.05 Å². The van der Waals surface area contributed by atoms with Gasteiger partial charge in [0, 0.05) is 63.1 Å². The number of benzene rings is 18. The molecule has 0 saturated carbocycles. The van der Waals surface area contributed by atoms with E-state index in [1.165, 1.54) is 167 Å². The van der Waals surface area contributed by atoms with Gasteiger partial charge in [0.05, 0.1) is 16.6 Å². The second kappa shape index (κ2) is 31.8. The third-order valence-corrected chi connectivity index (χ3v) is 25.9. The zero-order valence-corrected chi connectivity index (χ0v) is 71.0. The number of imidazole rings is 1. The summed E-state index contributed by atoms with van der Waals surface area (Å²) in [5.41, 5.74) is 37.5. The van der Waals surface area contributed by atoms with Gasteiger partial charge < -0.3 is 4.57 Å². The van der Waals surface area contributed by atoms with E-state index in [1.54, 1.807) is 25.3 Å². The average Bonchev–Trinajstić information content (AvgIpc) is 1.57. The molecule has 614 valence electrons. The van der Waals surface area contributed by atoms with Gasteiger partial charge in [-0.1, -0.05) is 303 Å². The zero-order chi connectivity index (χ0) is 87.3. The molecular weight excluding hydrogens is 1620 g/mol. The molecule has 0 unspecified atom stereocenters. The third kappa shape index (κ3) is 12.9. The summed E-state index contributed by atoms with van der Waals surface area (Å²) in [6, 6.07) is 130. The minimum Gasteiger partial charge on any atom is -0.327 e. The van der Waals surface area contributed by atoms with Gasteiger partial charge in [0.1, 0.15) is 43.8 Å². The predicted octanol–water partition coefficient (Wildman–Crippen LogP) is 27.8. The van der Waals surface area contributed by atoms with Crippen molar-refractivity contribution in [3.63, 3.8) is 0 Å². The monoisotopic (exact) mass is 1690 g/mol. The first-order chi connectivity index (χ1) is 65.4. The van der Waals surface area contributed by atoms with Gasteiger partial charge in [-0.25, -0.2) is 64.8 Å². The molecule has 0 N–H and O–H groups in total. The largest absolute Gasteiger partial charge is 0.327 e. The summed E-state index contributed by atoms with van der Waals surface area (Å²) in [6.07, 6.45) is 11.2.